The number of carbonyl (C=O) groups excluding carboxylic acids is 1. The molecule has 22 heavy (non-hydrogen) atoms. The Kier molecular flexibility index (Phi) is 4.55. The van der Waals surface area contributed by atoms with Crippen LogP contribution >= 0.6 is 0 Å². The minimum absolute atomic E-state index is 0.0765. The van der Waals surface area contributed by atoms with Crippen molar-refractivity contribution in [2.24, 2.45) is 0 Å². The number of rotatable bonds is 6. The SMILES string of the molecule is CC(C)(NC(=O)CCc1nnc(-c2ccccc2)o1)C(=O)O. The first-order valence-corrected chi connectivity index (χ1v) is 6.81. The highest BCUT2D eigenvalue weighted by atomic mass is 16.4. The van der Waals surface area contributed by atoms with E-state index in [9.17, 15) is 9.59 Å². The van der Waals surface area contributed by atoms with Crippen LogP contribution < -0.4 is 5.32 Å². The molecule has 116 valence electrons. The second-order valence-corrected chi connectivity index (χ2v) is 5.35. The maximum atomic E-state index is 11.7. The van der Waals surface area contributed by atoms with Crippen molar-refractivity contribution < 1.29 is 19.1 Å². The average molecular weight is 303 g/mol. The van der Waals surface area contributed by atoms with E-state index < -0.39 is 11.5 Å². The highest BCUT2D eigenvalue weighted by molar-refractivity contribution is 5.86. The van der Waals surface area contributed by atoms with E-state index in [0.717, 1.165) is 5.56 Å². The van der Waals surface area contributed by atoms with Gasteiger partial charge in [0.25, 0.3) is 0 Å². The molecular formula is C15H17N3O4. The molecule has 0 saturated heterocycles. The summed E-state index contributed by atoms with van der Waals surface area (Å²) in [7, 11) is 0. The molecule has 2 rings (SSSR count). The number of carbonyl (C=O) groups is 2. The largest absolute Gasteiger partial charge is 0.480 e. The Bertz CT molecular complexity index is 664. The first-order valence-electron chi connectivity index (χ1n) is 6.81. The predicted octanol–water partition coefficient (Wildman–Crippen LogP) is 1.65. The quantitative estimate of drug-likeness (QED) is 0.840. The van der Waals surface area contributed by atoms with Crippen LogP contribution in [-0.2, 0) is 16.0 Å². The summed E-state index contributed by atoms with van der Waals surface area (Å²) in [4.78, 5) is 22.7. The van der Waals surface area contributed by atoms with E-state index in [2.05, 4.69) is 15.5 Å². The van der Waals surface area contributed by atoms with Gasteiger partial charge in [-0.3, -0.25) is 4.79 Å². The Balaban J connectivity index is 1.92. The third-order valence-corrected chi connectivity index (χ3v) is 3.04. The van der Waals surface area contributed by atoms with E-state index in [4.69, 9.17) is 9.52 Å². The van der Waals surface area contributed by atoms with Gasteiger partial charge in [-0.15, -0.1) is 10.2 Å². The van der Waals surface area contributed by atoms with Crippen LogP contribution in [0.1, 0.15) is 26.2 Å². The summed E-state index contributed by atoms with van der Waals surface area (Å²) in [5, 5.41) is 19.2. The highest BCUT2D eigenvalue weighted by Gasteiger charge is 2.28. The molecule has 0 spiro atoms. The van der Waals surface area contributed by atoms with Crippen molar-refractivity contribution in [3.05, 3.63) is 36.2 Å². The van der Waals surface area contributed by atoms with Crippen LogP contribution in [0.4, 0.5) is 0 Å². The van der Waals surface area contributed by atoms with Crippen LogP contribution in [0.3, 0.4) is 0 Å². The molecule has 7 heteroatoms. The number of amides is 1. The van der Waals surface area contributed by atoms with Gasteiger partial charge in [0.15, 0.2) is 0 Å². The molecule has 0 fully saturated rings. The number of nitrogens with zero attached hydrogens (tertiary/aromatic N) is 2. The number of hydrogen-bond acceptors (Lipinski definition) is 5. The highest BCUT2D eigenvalue weighted by Crippen LogP contribution is 2.17. The molecule has 0 unspecified atom stereocenters. The fourth-order valence-corrected chi connectivity index (χ4v) is 1.74. The van der Waals surface area contributed by atoms with Crippen LogP contribution in [0, 0.1) is 0 Å². The second-order valence-electron chi connectivity index (χ2n) is 5.35. The van der Waals surface area contributed by atoms with Crippen LogP contribution in [0.15, 0.2) is 34.7 Å². The standard InChI is InChI=1S/C15H17N3O4/c1-15(2,14(20)21)16-11(19)8-9-12-17-18-13(22-12)10-6-4-3-5-7-10/h3-7H,8-9H2,1-2H3,(H,16,19)(H,20,21). The van der Waals surface area contributed by atoms with Crippen molar-refractivity contribution in [2.45, 2.75) is 32.2 Å². The minimum atomic E-state index is -1.30. The Labute approximate surface area is 127 Å². The molecule has 7 nitrogen and oxygen atoms in total. The smallest absolute Gasteiger partial charge is 0.328 e. The van der Waals surface area contributed by atoms with Gasteiger partial charge in [0, 0.05) is 18.4 Å². The van der Waals surface area contributed by atoms with Gasteiger partial charge in [-0.05, 0) is 26.0 Å². The zero-order valence-corrected chi connectivity index (χ0v) is 12.4. The zero-order valence-electron chi connectivity index (χ0n) is 12.4. The van der Waals surface area contributed by atoms with E-state index >= 15 is 0 Å². The normalized spacial score (nSPS) is 11.2. The van der Waals surface area contributed by atoms with Gasteiger partial charge in [0.05, 0.1) is 0 Å². The van der Waals surface area contributed by atoms with E-state index in [-0.39, 0.29) is 18.7 Å². The molecule has 2 aromatic rings. The van der Waals surface area contributed by atoms with Gasteiger partial charge < -0.3 is 14.8 Å². The lowest BCUT2D eigenvalue weighted by Crippen LogP contribution is -2.49. The number of carboxylic acid groups (broad SMARTS) is 1. The molecule has 0 aliphatic rings. The van der Waals surface area contributed by atoms with E-state index in [1.807, 2.05) is 30.3 Å². The Hall–Kier alpha value is -2.70. The summed E-state index contributed by atoms with van der Waals surface area (Å²) in [6.07, 6.45) is 0.328. The molecule has 1 aromatic carbocycles. The fourth-order valence-electron chi connectivity index (χ4n) is 1.74. The van der Waals surface area contributed by atoms with Gasteiger partial charge in [-0.25, -0.2) is 4.79 Å². The second kappa shape index (κ2) is 6.38. The van der Waals surface area contributed by atoms with Gasteiger partial charge in [0.1, 0.15) is 5.54 Å². The maximum absolute atomic E-state index is 11.7. The lowest BCUT2D eigenvalue weighted by molar-refractivity contribution is -0.146. The van der Waals surface area contributed by atoms with Gasteiger partial charge in [0.2, 0.25) is 17.7 Å². The van der Waals surface area contributed by atoms with Crippen molar-refractivity contribution in [1.82, 2.24) is 15.5 Å². The summed E-state index contributed by atoms with van der Waals surface area (Å²) in [6, 6.07) is 9.30. The number of aromatic nitrogens is 2. The monoisotopic (exact) mass is 303 g/mol. The Morgan fingerprint density at radius 3 is 2.55 bits per heavy atom. The lowest BCUT2D eigenvalue weighted by atomic mass is 10.1. The maximum Gasteiger partial charge on any atom is 0.328 e. The number of aryl methyl sites for hydroxylation is 1. The molecule has 1 aromatic heterocycles. The van der Waals surface area contributed by atoms with Crippen LogP contribution in [0.2, 0.25) is 0 Å². The van der Waals surface area contributed by atoms with Crippen LogP contribution in [0.25, 0.3) is 11.5 Å². The van der Waals surface area contributed by atoms with Gasteiger partial charge >= 0.3 is 5.97 Å². The van der Waals surface area contributed by atoms with Crippen molar-refractivity contribution in [2.75, 3.05) is 0 Å². The molecule has 0 saturated carbocycles. The Morgan fingerprint density at radius 2 is 1.91 bits per heavy atom. The molecule has 0 aliphatic heterocycles. The summed E-state index contributed by atoms with van der Waals surface area (Å²) in [5.41, 5.74) is -0.501. The van der Waals surface area contributed by atoms with Crippen molar-refractivity contribution in [1.29, 1.82) is 0 Å². The van der Waals surface area contributed by atoms with Crippen molar-refractivity contribution >= 4 is 11.9 Å². The van der Waals surface area contributed by atoms with Gasteiger partial charge in [-0.1, -0.05) is 18.2 Å². The topological polar surface area (TPSA) is 105 Å². The van der Waals surface area contributed by atoms with Crippen LogP contribution in [-0.4, -0.2) is 32.7 Å². The molecule has 0 aliphatic carbocycles. The lowest BCUT2D eigenvalue weighted by Gasteiger charge is -2.20. The number of hydrogen-bond donors (Lipinski definition) is 2. The number of carboxylic acids is 1. The van der Waals surface area contributed by atoms with E-state index in [1.54, 1.807) is 0 Å². The van der Waals surface area contributed by atoms with Crippen molar-refractivity contribution in [3.63, 3.8) is 0 Å². The third-order valence-electron chi connectivity index (χ3n) is 3.04. The van der Waals surface area contributed by atoms with Crippen LogP contribution in [0.5, 0.6) is 0 Å². The summed E-state index contributed by atoms with van der Waals surface area (Å²) >= 11 is 0. The average Bonchev–Trinajstić information content (AvgIpc) is 2.94. The third kappa shape index (κ3) is 3.91. The molecule has 2 N–H and O–H groups in total. The molecule has 1 amide bonds. The number of aliphatic carboxylic acids is 1. The molecule has 1 heterocycles. The molecular weight excluding hydrogens is 286 g/mol. The van der Waals surface area contributed by atoms with Gasteiger partial charge in [-0.2, -0.15) is 0 Å². The number of benzene rings is 1. The molecule has 0 atom stereocenters. The van der Waals surface area contributed by atoms with E-state index in [1.165, 1.54) is 13.8 Å². The van der Waals surface area contributed by atoms with E-state index in [0.29, 0.717) is 11.8 Å². The number of nitrogens with one attached hydrogen (secondary N) is 1. The summed E-state index contributed by atoms with van der Waals surface area (Å²) < 4.78 is 5.48. The Morgan fingerprint density at radius 1 is 1.23 bits per heavy atom. The minimum Gasteiger partial charge on any atom is -0.480 e. The summed E-state index contributed by atoms with van der Waals surface area (Å²) in [6.45, 7) is 2.85. The van der Waals surface area contributed by atoms with Crippen molar-refractivity contribution in [3.8, 4) is 11.5 Å². The zero-order chi connectivity index (χ0) is 16.2. The predicted molar refractivity (Wildman–Crippen MR) is 77.9 cm³/mol. The molecule has 0 radical (unpaired) electrons. The fraction of sp³-hybridized carbons (Fsp3) is 0.333. The molecule has 0 bridgehead atoms. The first kappa shape index (κ1) is 15.7. The summed E-state index contributed by atoms with van der Waals surface area (Å²) in [5.74, 6) is -0.749. The first-order chi connectivity index (χ1) is 10.4.